The summed E-state index contributed by atoms with van der Waals surface area (Å²) in [6, 6.07) is 4.53. The molecule has 2 aromatic heterocycles. The molecule has 0 amide bonds. The summed E-state index contributed by atoms with van der Waals surface area (Å²) in [6.45, 7) is -0.0397. The molecule has 2 heterocycles. The summed E-state index contributed by atoms with van der Waals surface area (Å²) in [4.78, 5) is 7.72. The van der Waals surface area contributed by atoms with Gasteiger partial charge in [-0.2, -0.15) is 0 Å². The highest BCUT2D eigenvalue weighted by atomic mass is 32.2. The Morgan fingerprint density at radius 2 is 1.95 bits per heavy atom. The minimum Gasteiger partial charge on any atom is -0.395 e. The smallest absolute Gasteiger partial charge is 0.263 e. The molecular weight excluding hydrogens is 290 g/mol. The molecule has 0 aliphatic carbocycles. The van der Waals surface area contributed by atoms with Gasteiger partial charge in [-0.1, -0.05) is 11.8 Å². The maximum Gasteiger partial charge on any atom is 0.263 e. The first kappa shape index (κ1) is 15.0. The molecule has 0 atom stereocenters. The number of nitrogens with zero attached hydrogens (tertiary/aromatic N) is 2. The van der Waals surface area contributed by atoms with Crippen LogP contribution in [-0.2, 0) is 10.0 Å². The Bertz CT molecular complexity index is 765. The first-order valence-corrected chi connectivity index (χ1v) is 7.58. The molecule has 0 aliphatic heterocycles. The monoisotopic (exact) mass is 303 g/mol. The first-order valence-electron chi connectivity index (χ1n) is 6.09. The molecule has 2 N–H and O–H groups in total. The average molecular weight is 303 g/mol. The number of hydrogen-bond acceptors (Lipinski definition) is 5. The van der Waals surface area contributed by atoms with Gasteiger partial charge < -0.3 is 5.11 Å². The molecule has 0 saturated carbocycles. The summed E-state index contributed by atoms with van der Waals surface area (Å²) < 4.78 is 26.9. The number of hydrogen-bond donors (Lipinski definition) is 2. The van der Waals surface area contributed by atoms with Crippen LogP contribution in [-0.4, -0.2) is 30.1 Å². The van der Waals surface area contributed by atoms with Crippen LogP contribution in [0.5, 0.6) is 0 Å². The van der Waals surface area contributed by atoms with Crippen LogP contribution in [0.4, 0.5) is 5.69 Å². The van der Waals surface area contributed by atoms with Crippen molar-refractivity contribution in [2.45, 2.75) is 11.3 Å². The lowest BCUT2D eigenvalue weighted by Crippen LogP contribution is -2.13. The number of rotatable bonds is 4. The van der Waals surface area contributed by atoms with Crippen molar-refractivity contribution in [3.8, 4) is 11.8 Å². The molecule has 0 fully saturated rings. The van der Waals surface area contributed by atoms with Crippen LogP contribution in [0.1, 0.15) is 12.0 Å². The predicted molar refractivity (Wildman–Crippen MR) is 77.9 cm³/mol. The van der Waals surface area contributed by atoms with Gasteiger partial charge in [0.25, 0.3) is 10.0 Å². The molecule has 0 spiro atoms. The lowest BCUT2D eigenvalue weighted by Gasteiger charge is -2.07. The zero-order valence-electron chi connectivity index (χ0n) is 11.0. The zero-order chi connectivity index (χ0) is 15.1. The Labute approximate surface area is 122 Å². The van der Waals surface area contributed by atoms with Gasteiger partial charge >= 0.3 is 0 Å². The van der Waals surface area contributed by atoms with E-state index < -0.39 is 10.0 Å². The van der Waals surface area contributed by atoms with Gasteiger partial charge in [-0.05, 0) is 18.2 Å². The standard InChI is InChI=1S/C14H13N3O3S/c18-8-2-1-3-12-9-14(11-16-10-12)21(19,20)17-13-4-6-15-7-5-13/h4-7,9-11,18H,2,8H2,(H,15,17). The third kappa shape index (κ3) is 4.27. The van der Waals surface area contributed by atoms with Crippen molar-refractivity contribution in [3.05, 3.63) is 48.5 Å². The van der Waals surface area contributed by atoms with E-state index in [1.165, 1.54) is 30.9 Å². The normalized spacial score (nSPS) is 10.5. The van der Waals surface area contributed by atoms with E-state index in [-0.39, 0.29) is 11.5 Å². The van der Waals surface area contributed by atoms with E-state index in [0.29, 0.717) is 17.7 Å². The molecule has 0 radical (unpaired) electrons. The zero-order valence-corrected chi connectivity index (χ0v) is 11.8. The van der Waals surface area contributed by atoms with Gasteiger partial charge in [0.15, 0.2) is 0 Å². The number of nitrogens with one attached hydrogen (secondary N) is 1. The minimum atomic E-state index is -3.72. The van der Waals surface area contributed by atoms with Gasteiger partial charge in [-0.25, -0.2) is 8.42 Å². The van der Waals surface area contributed by atoms with Crippen LogP contribution in [0.15, 0.2) is 47.9 Å². The highest BCUT2D eigenvalue weighted by molar-refractivity contribution is 7.92. The molecule has 108 valence electrons. The minimum absolute atomic E-state index is 0.0233. The van der Waals surface area contributed by atoms with Crippen molar-refractivity contribution in [1.82, 2.24) is 9.97 Å². The fourth-order valence-electron chi connectivity index (χ4n) is 1.49. The molecule has 0 aliphatic rings. The Kier molecular flexibility index (Phi) is 4.87. The Morgan fingerprint density at radius 1 is 1.19 bits per heavy atom. The Morgan fingerprint density at radius 3 is 2.67 bits per heavy atom. The van der Waals surface area contributed by atoms with E-state index in [0.717, 1.165) is 0 Å². The van der Waals surface area contributed by atoms with Crippen molar-refractivity contribution < 1.29 is 13.5 Å². The van der Waals surface area contributed by atoms with Crippen molar-refractivity contribution >= 4 is 15.7 Å². The van der Waals surface area contributed by atoms with Gasteiger partial charge in [0.2, 0.25) is 0 Å². The number of aromatic nitrogens is 2. The molecule has 2 aromatic rings. The van der Waals surface area contributed by atoms with Gasteiger partial charge in [0.05, 0.1) is 12.3 Å². The van der Waals surface area contributed by atoms with Crippen molar-refractivity contribution in [1.29, 1.82) is 0 Å². The predicted octanol–water partition coefficient (Wildman–Crippen LogP) is 1.01. The number of aliphatic hydroxyl groups is 1. The second-order valence-corrected chi connectivity index (χ2v) is 5.71. The topological polar surface area (TPSA) is 92.2 Å². The molecule has 0 aromatic carbocycles. The van der Waals surface area contributed by atoms with Crippen LogP contribution in [0.3, 0.4) is 0 Å². The fraction of sp³-hybridized carbons (Fsp3) is 0.143. The highest BCUT2D eigenvalue weighted by Gasteiger charge is 2.14. The van der Waals surface area contributed by atoms with Gasteiger partial charge in [-0.3, -0.25) is 14.7 Å². The Balaban J connectivity index is 2.25. The second-order valence-electron chi connectivity index (χ2n) is 4.03. The molecule has 0 unspecified atom stereocenters. The van der Waals surface area contributed by atoms with E-state index in [1.54, 1.807) is 12.1 Å². The maximum atomic E-state index is 12.2. The van der Waals surface area contributed by atoms with Gasteiger partial charge in [0, 0.05) is 36.8 Å². The summed E-state index contributed by atoms with van der Waals surface area (Å²) in [5.74, 6) is 5.46. The lowest BCUT2D eigenvalue weighted by atomic mass is 10.3. The van der Waals surface area contributed by atoms with E-state index in [1.807, 2.05) is 0 Å². The third-order valence-corrected chi connectivity index (χ3v) is 3.77. The molecule has 6 nitrogen and oxygen atoms in total. The van der Waals surface area contributed by atoms with E-state index >= 15 is 0 Å². The summed E-state index contributed by atoms with van der Waals surface area (Å²) in [6.07, 6.45) is 6.03. The van der Waals surface area contributed by atoms with Crippen molar-refractivity contribution in [2.24, 2.45) is 0 Å². The van der Waals surface area contributed by atoms with E-state index in [2.05, 4.69) is 26.5 Å². The van der Waals surface area contributed by atoms with Gasteiger partial charge in [0.1, 0.15) is 4.90 Å². The molecule has 7 heteroatoms. The maximum absolute atomic E-state index is 12.2. The summed E-state index contributed by atoms with van der Waals surface area (Å²) >= 11 is 0. The fourth-order valence-corrected chi connectivity index (χ4v) is 2.53. The largest absolute Gasteiger partial charge is 0.395 e. The van der Waals surface area contributed by atoms with Crippen molar-refractivity contribution in [2.75, 3.05) is 11.3 Å². The van der Waals surface area contributed by atoms with E-state index in [4.69, 9.17) is 5.11 Å². The Hall–Kier alpha value is -2.43. The number of pyridine rings is 2. The lowest BCUT2D eigenvalue weighted by molar-refractivity contribution is 0.305. The molecule has 0 saturated heterocycles. The van der Waals surface area contributed by atoms with Crippen LogP contribution in [0, 0.1) is 11.8 Å². The van der Waals surface area contributed by atoms with Crippen LogP contribution < -0.4 is 4.72 Å². The van der Waals surface area contributed by atoms with Crippen LogP contribution in [0.25, 0.3) is 0 Å². The molecule has 21 heavy (non-hydrogen) atoms. The molecule has 2 rings (SSSR count). The number of anilines is 1. The third-order valence-electron chi connectivity index (χ3n) is 2.43. The summed E-state index contributed by atoms with van der Waals surface area (Å²) in [5.41, 5.74) is 0.892. The van der Waals surface area contributed by atoms with Crippen LogP contribution >= 0.6 is 0 Å². The second kappa shape index (κ2) is 6.83. The summed E-state index contributed by atoms with van der Waals surface area (Å²) in [7, 11) is -3.72. The molecular formula is C14H13N3O3S. The SMILES string of the molecule is O=S(=O)(Nc1ccncc1)c1cncc(C#CCCO)c1. The number of aliphatic hydroxyl groups excluding tert-OH is 1. The van der Waals surface area contributed by atoms with Gasteiger partial charge in [-0.15, -0.1) is 0 Å². The van der Waals surface area contributed by atoms with E-state index in [9.17, 15) is 8.42 Å². The van der Waals surface area contributed by atoms with Crippen molar-refractivity contribution in [3.63, 3.8) is 0 Å². The first-order chi connectivity index (χ1) is 10.1. The number of sulfonamides is 1. The van der Waals surface area contributed by atoms with Crippen LogP contribution in [0.2, 0.25) is 0 Å². The molecule has 0 bridgehead atoms. The highest BCUT2D eigenvalue weighted by Crippen LogP contribution is 2.15. The quantitative estimate of drug-likeness (QED) is 0.822. The average Bonchev–Trinajstić information content (AvgIpc) is 2.48. The summed E-state index contributed by atoms with van der Waals surface area (Å²) in [5, 5.41) is 8.66.